The summed E-state index contributed by atoms with van der Waals surface area (Å²) in [5.41, 5.74) is 3.50. The number of carbonyl (C=O) groups excluding carboxylic acids is 1. The Morgan fingerprint density at radius 3 is 2.87 bits per heavy atom. The fourth-order valence-electron chi connectivity index (χ4n) is 3.08. The summed E-state index contributed by atoms with van der Waals surface area (Å²) in [4.78, 5) is 23.3. The monoisotopic (exact) mass is 314 g/mol. The number of carbonyl (C=O) groups is 1. The van der Waals surface area contributed by atoms with E-state index in [4.69, 9.17) is 9.26 Å². The van der Waals surface area contributed by atoms with E-state index in [0.717, 1.165) is 18.5 Å². The number of ether oxygens (including phenoxy) is 1. The number of rotatable bonds is 3. The van der Waals surface area contributed by atoms with E-state index in [-0.39, 0.29) is 11.7 Å². The molecule has 1 aliphatic heterocycles. The van der Waals surface area contributed by atoms with Crippen LogP contribution in [0.4, 0.5) is 0 Å². The van der Waals surface area contributed by atoms with Crippen LogP contribution in [-0.2, 0) is 12.8 Å². The quantitative estimate of drug-likeness (QED) is 0.856. The van der Waals surface area contributed by atoms with Crippen LogP contribution in [0.2, 0.25) is 0 Å². The van der Waals surface area contributed by atoms with E-state index in [9.17, 15) is 4.79 Å². The van der Waals surface area contributed by atoms with Gasteiger partial charge in [-0.2, -0.15) is 0 Å². The smallest absolute Gasteiger partial charge is 0.292 e. The van der Waals surface area contributed by atoms with Crippen LogP contribution >= 0.6 is 0 Å². The maximum Gasteiger partial charge on any atom is 0.292 e. The zero-order chi connectivity index (χ0) is 15.8. The Balaban J connectivity index is 1.53. The van der Waals surface area contributed by atoms with E-state index in [0.29, 0.717) is 24.9 Å². The third-order valence-electron chi connectivity index (χ3n) is 4.48. The van der Waals surface area contributed by atoms with Crippen LogP contribution in [0.15, 0.2) is 16.9 Å². The van der Waals surface area contributed by atoms with Crippen LogP contribution in [0.5, 0.6) is 5.88 Å². The van der Waals surface area contributed by atoms with Gasteiger partial charge < -0.3 is 14.2 Å². The molecule has 0 saturated heterocycles. The SMILES string of the molecule is COc1cc(C(=O)N2CCc3ncnc(C4CC4)c3CC2)on1. The average molecular weight is 314 g/mol. The molecule has 3 heterocycles. The summed E-state index contributed by atoms with van der Waals surface area (Å²) in [5, 5.41) is 3.69. The Bertz CT molecular complexity index is 739. The zero-order valence-electron chi connectivity index (χ0n) is 13.0. The predicted molar refractivity (Wildman–Crippen MR) is 80.4 cm³/mol. The fraction of sp³-hybridized carbons (Fsp3) is 0.500. The van der Waals surface area contributed by atoms with Crippen LogP contribution in [0.1, 0.15) is 46.3 Å². The molecule has 0 N–H and O–H groups in total. The summed E-state index contributed by atoms with van der Waals surface area (Å²) in [5.74, 6) is 0.955. The minimum Gasteiger partial charge on any atom is -0.479 e. The molecule has 120 valence electrons. The second kappa shape index (κ2) is 5.64. The Kier molecular flexibility index (Phi) is 3.48. The van der Waals surface area contributed by atoms with Crippen molar-refractivity contribution in [1.82, 2.24) is 20.0 Å². The van der Waals surface area contributed by atoms with E-state index in [1.165, 1.54) is 37.3 Å². The molecule has 4 rings (SSSR count). The van der Waals surface area contributed by atoms with E-state index in [2.05, 4.69) is 15.1 Å². The molecule has 2 aromatic rings. The lowest BCUT2D eigenvalue weighted by molar-refractivity contribution is 0.0720. The van der Waals surface area contributed by atoms with E-state index in [1.54, 1.807) is 11.2 Å². The van der Waals surface area contributed by atoms with Gasteiger partial charge in [-0.25, -0.2) is 9.97 Å². The van der Waals surface area contributed by atoms with Crippen LogP contribution < -0.4 is 4.74 Å². The van der Waals surface area contributed by atoms with Gasteiger partial charge in [0.05, 0.1) is 18.9 Å². The number of hydrogen-bond acceptors (Lipinski definition) is 6. The standard InChI is InChI=1S/C16H18N4O3/c1-22-14-8-13(23-19-14)16(21)20-6-4-11-12(5-7-20)17-9-18-15(11)10-2-3-10/h8-10H,2-7H2,1H3. The Morgan fingerprint density at radius 2 is 2.13 bits per heavy atom. The lowest BCUT2D eigenvalue weighted by atomic mass is 10.0. The Hall–Kier alpha value is -2.44. The lowest BCUT2D eigenvalue weighted by Gasteiger charge is -2.18. The lowest BCUT2D eigenvalue weighted by Crippen LogP contribution is -2.33. The number of amides is 1. The van der Waals surface area contributed by atoms with Gasteiger partial charge in [0, 0.05) is 31.1 Å². The molecule has 0 radical (unpaired) electrons. The second-order valence-electron chi connectivity index (χ2n) is 5.98. The first-order chi connectivity index (χ1) is 11.3. The van der Waals surface area contributed by atoms with E-state index in [1.807, 2.05) is 0 Å². The van der Waals surface area contributed by atoms with Gasteiger partial charge >= 0.3 is 0 Å². The number of methoxy groups -OCH3 is 1. The molecule has 1 aliphatic carbocycles. The molecular formula is C16H18N4O3. The summed E-state index contributed by atoms with van der Waals surface area (Å²) in [6, 6.07) is 1.52. The third-order valence-corrected chi connectivity index (χ3v) is 4.48. The first kappa shape index (κ1) is 14.2. The van der Waals surface area contributed by atoms with Gasteiger partial charge in [0.25, 0.3) is 11.8 Å². The summed E-state index contributed by atoms with van der Waals surface area (Å²) < 4.78 is 10.0. The second-order valence-corrected chi connectivity index (χ2v) is 5.98. The first-order valence-corrected chi connectivity index (χ1v) is 7.89. The predicted octanol–water partition coefficient (Wildman–Crippen LogP) is 1.59. The molecule has 0 bridgehead atoms. The van der Waals surface area contributed by atoms with Gasteiger partial charge in [-0.3, -0.25) is 4.79 Å². The summed E-state index contributed by atoms with van der Waals surface area (Å²) in [6.45, 7) is 1.26. The minimum absolute atomic E-state index is 0.158. The summed E-state index contributed by atoms with van der Waals surface area (Å²) in [6.07, 6.45) is 5.62. The molecule has 0 unspecified atom stereocenters. The summed E-state index contributed by atoms with van der Waals surface area (Å²) in [7, 11) is 1.49. The highest BCUT2D eigenvalue weighted by molar-refractivity contribution is 5.91. The maximum atomic E-state index is 12.6. The number of fused-ring (bicyclic) bond motifs is 1. The Morgan fingerprint density at radius 1 is 1.30 bits per heavy atom. The highest BCUT2D eigenvalue weighted by Crippen LogP contribution is 2.41. The van der Waals surface area contributed by atoms with E-state index >= 15 is 0 Å². The van der Waals surface area contributed by atoms with Crippen LogP contribution in [0.3, 0.4) is 0 Å². The van der Waals surface area contributed by atoms with Gasteiger partial charge in [0.1, 0.15) is 6.33 Å². The molecule has 23 heavy (non-hydrogen) atoms. The highest BCUT2D eigenvalue weighted by atomic mass is 16.5. The van der Waals surface area contributed by atoms with Crippen molar-refractivity contribution in [1.29, 1.82) is 0 Å². The molecular weight excluding hydrogens is 296 g/mol. The van der Waals surface area contributed by atoms with Crippen molar-refractivity contribution in [2.24, 2.45) is 0 Å². The van der Waals surface area contributed by atoms with Crippen molar-refractivity contribution in [3.05, 3.63) is 35.1 Å². The van der Waals surface area contributed by atoms with Crippen LogP contribution in [-0.4, -0.2) is 46.1 Å². The molecule has 2 aliphatic rings. The first-order valence-electron chi connectivity index (χ1n) is 7.89. The summed E-state index contributed by atoms with van der Waals surface area (Å²) >= 11 is 0. The van der Waals surface area contributed by atoms with Crippen molar-refractivity contribution in [3.63, 3.8) is 0 Å². The average Bonchev–Trinajstić information content (AvgIpc) is 3.35. The van der Waals surface area contributed by atoms with Crippen LogP contribution in [0.25, 0.3) is 0 Å². The van der Waals surface area contributed by atoms with Gasteiger partial charge in [0.15, 0.2) is 0 Å². The topological polar surface area (TPSA) is 81.4 Å². The van der Waals surface area contributed by atoms with Crippen molar-refractivity contribution >= 4 is 5.91 Å². The molecule has 7 nitrogen and oxygen atoms in total. The molecule has 1 fully saturated rings. The van der Waals surface area contributed by atoms with Crippen molar-refractivity contribution in [2.75, 3.05) is 20.2 Å². The fourth-order valence-corrected chi connectivity index (χ4v) is 3.08. The van der Waals surface area contributed by atoms with E-state index < -0.39 is 0 Å². The van der Waals surface area contributed by atoms with Crippen molar-refractivity contribution < 1.29 is 14.1 Å². The molecule has 0 spiro atoms. The van der Waals surface area contributed by atoms with Gasteiger partial charge in [0.2, 0.25) is 5.76 Å². The Labute approximate surface area is 133 Å². The van der Waals surface area contributed by atoms with Crippen molar-refractivity contribution in [2.45, 2.75) is 31.6 Å². The molecule has 1 saturated carbocycles. The number of hydrogen-bond donors (Lipinski definition) is 0. The van der Waals surface area contributed by atoms with Gasteiger partial charge in [-0.15, -0.1) is 0 Å². The largest absolute Gasteiger partial charge is 0.479 e. The molecule has 2 aromatic heterocycles. The van der Waals surface area contributed by atoms with Gasteiger partial charge in [-0.1, -0.05) is 0 Å². The van der Waals surface area contributed by atoms with Crippen LogP contribution in [0, 0.1) is 0 Å². The van der Waals surface area contributed by atoms with Crippen molar-refractivity contribution in [3.8, 4) is 5.88 Å². The minimum atomic E-state index is -0.158. The molecule has 0 aromatic carbocycles. The molecule has 7 heteroatoms. The molecule has 1 amide bonds. The zero-order valence-corrected chi connectivity index (χ0v) is 13.0. The molecule has 0 atom stereocenters. The highest BCUT2D eigenvalue weighted by Gasteiger charge is 2.31. The normalized spacial score (nSPS) is 17.5. The van der Waals surface area contributed by atoms with Gasteiger partial charge in [-0.05, 0) is 30.0 Å². The maximum absolute atomic E-state index is 12.6. The number of aromatic nitrogens is 3. The third kappa shape index (κ3) is 2.67. The number of nitrogens with zero attached hydrogens (tertiary/aromatic N) is 4.